The summed E-state index contributed by atoms with van der Waals surface area (Å²) in [7, 11) is 0. The van der Waals surface area contributed by atoms with Gasteiger partial charge in [-0.25, -0.2) is 0 Å². The van der Waals surface area contributed by atoms with Crippen LogP contribution in [-0.4, -0.2) is 11.2 Å². The van der Waals surface area contributed by atoms with Crippen LogP contribution < -0.4 is 4.74 Å². The molecule has 0 N–H and O–H groups in total. The van der Waals surface area contributed by atoms with Gasteiger partial charge in [-0.15, -0.1) is 0 Å². The molecule has 0 aliphatic carbocycles. The number of rotatable bonds is 5. The minimum atomic E-state index is -0.538. The Labute approximate surface area is 123 Å². The van der Waals surface area contributed by atoms with Crippen LogP contribution in [0.1, 0.15) is 15.9 Å². The van der Waals surface area contributed by atoms with E-state index in [9.17, 15) is 14.9 Å². The fourth-order valence-electron chi connectivity index (χ4n) is 1.64. The van der Waals surface area contributed by atoms with E-state index in [1.165, 1.54) is 18.2 Å². The molecule has 20 heavy (non-hydrogen) atoms. The van der Waals surface area contributed by atoms with Crippen LogP contribution in [-0.2, 0) is 6.61 Å². The molecule has 0 heterocycles. The molecule has 6 heteroatoms. The Morgan fingerprint density at radius 2 is 2.00 bits per heavy atom. The molecular formula is C14H10BrNO4. The average Bonchev–Trinajstić information content (AvgIpc) is 2.46. The molecule has 2 aromatic rings. The van der Waals surface area contributed by atoms with Crippen molar-refractivity contribution in [3.05, 3.63) is 68.2 Å². The largest absolute Gasteiger partial charge is 0.482 e. The van der Waals surface area contributed by atoms with Gasteiger partial charge in [0.25, 0.3) is 0 Å². The Hall–Kier alpha value is -2.21. The first-order chi connectivity index (χ1) is 9.61. The number of aldehydes is 1. The number of ether oxygens (including phenoxy) is 1. The van der Waals surface area contributed by atoms with Crippen LogP contribution >= 0.6 is 15.9 Å². The standard InChI is InChI=1S/C14H10BrNO4/c15-12-4-2-1-3-11(12)9-20-14-7-10(8-17)5-6-13(14)16(18)19/h1-8H,9H2. The monoisotopic (exact) mass is 335 g/mol. The van der Waals surface area contributed by atoms with E-state index in [0.717, 1.165) is 10.0 Å². The fourth-order valence-corrected chi connectivity index (χ4v) is 2.04. The Morgan fingerprint density at radius 1 is 1.25 bits per heavy atom. The lowest BCUT2D eigenvalue weighted by molar-refractivity contribution is -0.385. The van der Waals surface area contributed by atoms with Crippen LogP contribution in [0.3, 0.4) is 0 Å². The normalized spacial score (nSPS) is 10.1. The summed E-state index contributed by atoms with van der Waals surface area (Å²) in [5.74, 6) is 0.0790. The van der Waals surface area contributed by atoms with Gasteiger partial charge in [0, 0.05) is 21.7 Å². The van der Waals surface area contributed by atoms with Crippen LogP contribution in [0, 0.1) is 10.1 Å². The molecule has 0 aliphatic heterocycles. The lowest BCUT2D eigenvalue weighted by Gasteiger charge is -2.08. The van der Waals surface area contributed by atoms with Crippen LogP contribution in [0.2, 0.25) is 0 Å². The first-order valence-corrected chi connectivity index (χ1v) is 6.51. The first-order valence-electron chi connectivity index (χ1n) is 5.71. The highest BCUT2D eigenvalue weighted by atomic mass is 79.9. The summed E-state index contributed by atoms with van der Waals surface area (Å²) in [6, 6.07) is 11.4. The maximum Gasteiger partial charge on any atom is 0.310 e. The topological polar surface area (TPSA) is 69.4 Å². The summed E-state index contributed by atoms with van der Waals surface area (Å²) in [5, 5.41) is 10.9. The Balaban J connectivity index is 2.26. The molecule has 0 spiro atoms. The van der Waals surface area contributed by atoms with Crippen LogP contribution in [0.15, 0.2) is 46.9 Å². The average molecular weight is 336 g/mol. The molecule has 0 aliphatic rings. The number of carbonyl (C=O) groups excluding carboxylic acids is 1. The summed E-state index contributed by atoms with van der Waals surface area (Å²) in [6.07, 6.45) is 0.620. The van der Waals surface area contributed by atoms with Gasteiger partial charge in [-0.05, 0) is 18.2 Å². The van der Waals surface area contributed by atoms with Gasteiger partial charge in [-0.2, -0.15) is 0 Å². The van der Waals surface area contributed by atoms with Gasteiger partial charge >= 0.3 is 5.69 Å². The van der Waals surface area contributed by atoms with E-state index < -0.39 is 4.92 Å². The van der Waals surface area contributed by atoms with Crippen LogP contribution in [0.5, 0.6) is 5.75 Å². The molecule has 0 atom stereocenters. The summed E-state index contributed by atoms with van der Waals surface area (Å²) in [4.78, 5) is 21.1. The van der Waals surface area contributed by atoms with Crippen molar-refractivity contribution in [1.82, 2.24) is 0 Å². The molecule has 0 saturated heterocycles. The summed E-state index contributed by atoms with van der Waals surface area (Å²) in [6.45, 7) is 0.171. The SMILES string of the molecule is O=Cc1ccc([N+](=O)[O-])c(OCc2ccccc2Br)c1. The van der Waals surface area contributed by atoms with Crippen molar-refractivity contribution in [3.8, 4) is 5.75 Å². The highest BCUT2D eigenvalue weighted by Crippen LogP contribution is 2.29. The molecule has 0 radical (unpaired) electrons. The minimum Gasteiger partial charge on any atom is -0.482 e. The predicted molar refractivity (Wildman–Crippen MR) is 77.0 cm³/mol. The molecule has 0 amide bonds. The van der Waals surface area contributed by atoms with E-state index in [-0.39, 0.29) is 18.0 Å². The molecule has 0 bridgehead atoms. The lowest BCUT2D eigenvalue weighted by atomic mass is 10.2. The van der Waals surface area contributed by atoms with E-state index in [4.69, 9.17) is 4.74 Å². The molecular weight excluding hydrogens is 326 g/mol. The van der Waals surface area contributed by atoms with Crippen molar-refractivity contribution < 1.29 is 14.5 Å². The molecule has 0 fully saturated rings. The molecule has 102 valence electrons. The number of nitro benzene ring substituents is 1. The number of halogens is 1. The van der Waals surface area contributed by atoms with E-state index in [1.54, 1.807) is 0 Å². The number of benzene rings is 2. The van der Waals surface area contributed by atoms with Crippen molar-refractivity contribution in [2.45, 2.75) is 6.61 Å². The van der Waals surface area contributed by atoms with Gasteiger partial charge in [0.2, 0.25) is 0 Å². The third-order valence-electron chi connectivity index (χ3n) is 2.66. The highest BCUT2D eigenvalue weighted by Gasteiger charge is 2.16. The van der Waals surface area contributed by atoms with Gasteiger partial charge < -0.3 is 4.74 Å². The van der Waals surface area contributed by atoms with Crippen molar-refractivity contribution in [1.29, 1.82) is 0 Å². The zero-order valence-electron chi connectivity index (χ0n) is 10.3. The zero-order chi connectivity index (χ0) is 14.5. The lowest BCUT2D eigenvalue weighted by Crippen LogP contribution is -2.00. The van der Waals surface area contributed by atoms with Crippen molar-refractivity contribution in [3.63, 3.8) is 0 Å². The molecule has 2 aromatic carbocycles. The Bertz CT molecular complexity index is 657. The molecule has 0 unspecified atom stereocenters. The summed E-state index contributed by atoms with van der Waals surface area (Å²) in [5.41, 5.74) is 1.03. The van der Waals surface area contributed by atoms with Gasteiger partial charge in [0.05, 0.1) is 4.92 Å². The van der Waals surface area contributed by atoms with Gasteiger partial charge in [-0.3, -0.25) is 14.9 Å². The van der Waals surface area contributed by atoms with E-state index in [1.807, 2.05) is 24.3 Å². The van der Waals surface area contributed by atoms with Crippen LogP contribution in [0.4, 0.5) is 5.69 Å². The zero-order valence-corrected chi connectivity index (χ0v) is 11.9. The fraction of sp³-hybridized carbons (Fsp3) is 0.0714. The number of carbonyl (C=O) groups is 1. The van der Waals surface area contributed by atoms with Crippen LogP contribution in [0.25, 0.3) is 0 Å². The third kappa shape index (κ3) is 3.21. The predicted octanol–water partition coefficient (Wildman–Crippen LogP) is 3.75. The van der Waals surface area contributed by atoms with E-state index in [2.05, 4.69) is 15.9 Å². The number of nitro groups is 1. The first kappa shape index (κ1) is 14.2. The Kier molecular flexibility index (Phi) is 4.47. The second-order valence-corrected chi connectivity index (χ2v) is 4.84. The quantitative estimate of drug-likeness (QED) is 0.474. The van der Waals surface area contributed by atoms with Crippen molar-refractivity contribution >= 4 is 27.9 Å². The summed E-state index contributed by atoms with van der Waals surface area (Å²) < 4.78 is 6.33. The Morgan fingerprint density at radius 3 is 2.65 bits per heavy atom. The second-order valence-electron chi connectivity index (χ2n) is 3.98. The molecule has 5 nitrogen and oxygen atoms in total. The minimum absolute atomic E-state index is 0.0790. The van der Waals surface area contributed by atoms with Crippen molar-refractivity contribution in [2.24, 2.45) is 0 Å². The number of hydrogen-bond donors (Lipinski definition) is 0. The summed E-state index contributed by atoms with van der Waals surface area (Å²) >= 11 is 3.38. The van der Waals surface area contributed by atoms with E-state index >= 15 is 0 Å². The van der Waals surface area contributed by atoms with Crippen molar-refractivity contribution in [2.75, 3.05) is 0 Å². The number of hydrogen-bond acceptors (Lipinski definition) is 4. The van der Waals surface area contributed by atoms with E-state index in [0.29, 0.717) is 11.8 Å². The molecule has 2 rings (SSSR count). The maximum absolute atomic E-state index is 10.9. The second kappa shape index (κ2) is 6.29. The number of nitrogens with zero attached hydrogens (tertiary/aromatic N) is 1. The van der Waals surface area contributed by atoms with Gasteiger partial charge in [-0.1, -0.05) is 34.1 Å². The molecule has 0 saturated carbocycles. The maximum atomic E-state index is 10.9. The molecule has 0 aromatic heterocycles. The van der Waals surface area contributed by atoms with Gasteiger partial charge in [0.1, 0.15) is 12.9 Å². The smallest absolute Gasteiger partial charge is 0.310 e. The van der Waals surface area contributed by atoms with Gasteiger partial charge in [0.15, 0.2) is 5.75 Å². The highest BCUT2D eigenvalue weighted by molar-refractivity contribution is 9.10. The third-order valence-corrected chi connectivity index (χ3v) is 3.43.